The van der Waals surface area contributed by atoms with Gasteiger partial charge in [0, 0.05) is 14.8 Å². The largest absolute Gasteiger partial charge is 0.493 e. The van der Waals surface area contributed by atoms with Gasteiger partial charge in [-0.25, -0.2) is 19.8 Å². The zero-order valence-electron chi connectivity index (χ0n) is 23.7. The molecule has 0 fully saturated rings. The van der Waals surface area contributed by atoms with Gasteiger partial charge in [-0.1, -0.05) is 6.07 Å². The Balaban J connectivity index is 1.68. The molecule has 43 heavy (non-hydrogen) atoms. The molecule has 230 valence electrons. The topological polar surface area (TPSA) is 163 Å². The number of benzene rings is 2. The maximum atomic E-state index is 12.6. The zero-order chi connectivity index (χ0) is 31.5. The first kappa shape index (κ1) is 33.9. The molecular formula is C28H30I2N4O9. The molecule has 1 heterocycles. The number of hydrogen-bond acceptors (Lipinski definition) is 10. The van der Waals surface area contributed by atoms with Gasteiger partial charge < -0.3 is 34.3 Å². The highest BCUT2D eigenvalue weighted by atomic mass is 127. The third kappa shape index (κ3) is 9.44. The molecule has 3 amide bonds. The van der Waals surface area contributed by atoms with Crippen molar-refractivity contribution in [2.24, 2.45) is 5.10 Å². The van der Waals surface area contributed by atoms with Crippen molar-refractivity contribution < 1.29 is 42.9 Å². The van der Waals surface area contributed by atoms with Crippen LogP contribution in [0, 0.1) is 7.14 Å². The minimum atomic E-state index is -0.788. The first-order chi connectivity index (χ1) is 20.6. The van der Waals surface area contributed by atoms with Crippen molar-refractivity contribution in [1.82, 2.24) is 16.1 Å². The number of ether oxygens (including phenoxy) is 5. The van der Waals surface area contributed by atoms with Crippen LogP contribution in [0.1, 0.15) is 37.9 Å². The fraction of sp³-hybridized carbons (Fsp3) is 0.321. The summed E-state index contributed by atoms with van der Waals surface area (Å²) in [5.41, 5.74) is 4.12. The molecule has 0 unspecified atom stereocenters. The lowest BCUT2D eigenvalue weighted by atomic mass is 9.95. The highest BCUT2D eigenvalue weighted by molar-refractivity contribution is 14.1. The van der Waals surface area contributed by atoms with Gasteiger partial charge in [-0.2, -0.15) is 5.10 Å². The summed E-state index contributed by atoms with van der Waals surface area (Å²) in [6, 6.07) is 7.22. The van der Waals surface area contributed by atoms with E-state index >= 15 is 0 Å². The number of methoxy groups -OCH3 is 1. The van der Waals surface area contributed by atoms with Gasteiger partial charge in [0.1, 0.15) is 5.75 Å². The van der Waals surface area contributed by atoms with Gasteiger partial charge in [-0.05, 0) is 95.8 Å². The van der Waals surface area contributed by atoms with Crippen molar-refractivity contribution in [1.29, 1.82) is 0 Å². The average Bonchev–Trinajstić information content (AvgIpc) is 2.95. The first-order valence-corrected chi connectivity index (χ1v) is 15.1. The Morgan fingerprint density at radius 2 is 1.77 bits per heavy atom. The van der Waals surface area contributed by atoms with Crippen LogP contribution in [-0.4, -0.2) is 63.6 Å². The van der Waals surface area contributed by atoms with Crippen molar-refractivity contribution >= 4 is 75.3 Å². The SMILES string of the molecule is CCOC(=O)COc1c(I)cc(I)cc1/C=N/NC(=O)COc1ccc([C@@H]2NC(=O)NC(C)=C2C(=O)OCC)cc1OC. The lowest BCUT2D eigenvalue weighted by Gasteiger charge is -2.28. The average molecular weight is 820 g/mol. The van der Waals surface area contributed by atoms with Crippen LogP contribution in [0.15, 0.2) is 46.7 Å². The molecule has 15 heteroatoms. The Kier molecular flexibility index (Phi) is 12.8. The molecular weight excluding hydrogens is 790 g/mol. The Morgan fingerprint density at radius 3 is 2.47 bits per heavy atom. The number of carbonyl (C=O) groups is 4. The minimum absolute atomic E-state index is 0.173. The van der Waals surface area contributed by atoms with E-state index in [2.05, 4.69) is 66.3 Å². The minimum Gasteiger partial charge on any atom is -0.493 e. The Morgan fingerprint density at radius 1 is 1.02 bits per heavy atom. The quantitative estimate of drug-likeness (QED) is 0.119. The van der Waals surface area contributed by atoms with Crippen LogP contribution < -0.4 is 30.3 Å². The third-order valence-corrected chi connectivity index (χ3v) is 7.14. The van der Waals surface area contributed by atoms with Crippen LogP contribution in [0.5, 0.6) is 17.2 Å². The van der Waals surface area contributed by atoms with E-state index in [9.17, 15) is 19.2 Å². The van der Waals surface area contributed by atoms with Crippen molar-refractivity contribution in [3.8, 4) is 17.2 Å². The summed E-state index contributed by atoms with van der Waals surface area (Å²) in [5.74, 6) is -0.656. The number of hydrazone groups is 1. The van der Waals surface area contributed by atoms with E-state index in [0.29, 0.717) is 22.6 Å². The lowest BCUT2D eigenvalue weighted by Crippen LogP contribution is -2.45. The molecule has 0 spiro atoms. The van der Waals surface area contributed by atoms with E-state index in [4.69, 9.17) is 23.7 Å². The van der Waals surface area contributed by atoms with Gasteiger partial charge in [0.2, 0.25) is 0 Å². The number of halogens is 2. The predicted molar refractivity (Wildman–Crippen MR) is 172 cm³/mol. The fourth-order valence-electron chi connectivity index (χ4n) is 3.92. The third-order valence-electron chi connectivity index (χ3n) is 5.71. The van der Waals surface area contributed by atoms with Crippen LogP contribution in [0.25, 0.3) is 0 Å². The summed E-state index contributed by atoms with van der Waals surface area (Å²) in [5, 5.41) is 9.30. The predicted octanol–water partition coefficient (Wildman–Crippen LogP) is 3.57. The van der Waals surface area contributed by atoms with E-state index in [0.717, 1.165) is 7.14 Å². The fourth-order valence-corrected chi connectivity index (χ4v) is 5.96. The maximum Gasteiger partial charge on any atom is 0.344 e. The van der Waals surface area contributed by atoms with E-state index < -0.39 is 29.9 Å². The second-order valence-corrected chi connectivity index (χ2v) is 11.1. The van der Waals surface area contributed by atoms with Gasteiger partial charge in [0.25, 0.3) is 5.91 Å². The summed E-state index contributed by atoms with van der Waals surface area (Å²) < 4.78 is 28.5. The molecule has 2 aromatic rings. The number of esters is 2. The van der Waals surface area contributed by atoms with Gasteiger partial charge in [-0.15, -0.1) is 0 Å². The van der Waals surface area contributed by atoms with E-state index in [1.807, 2.05) is 6.07 Å². The van der Waals surface area contributed by atoms with Crippen LogP contribution in [0.2, 0.25) is 0 Å². The summed E-state index contributed by atoms with van der Waals surface area (Å²) in [4.78, 5) is 49.0. The molecule has 13 nitrogen and oxygen atoms in total. The summed E-state index contributed by atoms with van der Waals surface area (Å²) in [6.45, 7) is 4.78. The number of hydrogen-bond donors (Lipinski definition) is 3. The highest BCUT2D eigenvalue weighted by Gasteiger charge is 2.32. The summed E-state index contributed by atoms with van der Waals surface area (Å²) in [6.07, 6.45) is 1.40. The number of amides is 3. The molecule has 3 rings (SSSR count). The van der Waals surface area contributed by atoms with E-state index in [1.54, 1.807) is 45.0 Å². The number of urea groups is 1. The molecule has 0 aromatic heterocycles. The molecule has 0 radical (unpaired) electrons. The monoisotopic (exact) mass is 820 g/mol. The molecule has 2 aromatic carbocycles. The second-order valence-electron chi connectivity index (χ2n) is 8.68. The number of carbonyl (C=O) groups excluding carboxylic acids is 4. The number of nitrogens with one attached hydrogen (secondary N) is 3. The smallest absolute Gasteiger partial charge is 0.344 e. The zero-order valence-corrected chi connectivity index (χ0v) is 28.1. The molecule has 0 saturated heterocycles. The van der Waals surface area contributed by atoms with Crippen LogP contribution in [0.4, 0.5) is 4.79 Å². The maximum absolute atomic E-state index is 12.6. The molecule has 1 aliphatic rings. The molecule has 0 bridgehead atoms. The van der Waals surface area contributed by atoms with Crippen molar-refractivity contribution in [2.75, 3.05) is 33.5 Å². The number of allylic oxidation sites excluding steroid dienone is 1. The molecule has 1 aliphatic heterocycles. The van der Waals surface area contributed by atoms with Gasteiger partial charge in [-0.3, -0.25) is 4.79 Å². The highest BCUT2D eigenvalue weighted by Crippen LogP contribution is 2.34. The first-order valence-electron chi connectivity index (χ1n) is 12.9. The van der Waals surface area contributed by atoms with Gasteiger partial charge >= 0.3 is 18.0 Å². The second kappa shape index (κ2) is 16.3. The lowest BCUT2D eigenvalue weighted by molar-refractivity contribution is -0.145. The molecule has 3 N–H and O–H groups in total. The van der Waals surface area contributed by atoms with Gasteiger partial charge in [0.05, 0.1) is 41.7 Å². The van der Waals surface area contributed by atoms with Crippen molar-refractivity contribution in [2.45, 2.75) is 26.8 Å². The Bertz CT molecular complexity index is 1450. The van der Waals surface area contributed by atoms with Crippen LogP contribution in [0.3, 0.4) is 0 Å². The Hall–Kier alpha value is -3.61. The van der Waals surface area contributed by atoms with Crippen molar-refractivity contribution in [3.63, 3.8) is 0 Å². The van der Waals surface area contributed by atoms with Crippen molar-refractivity contribution in [3.05, 3.63) is 59.9 Å². The number of nitrogens with zero attached hydrogens (tertiary/aromatic N) is 1. The van der Waals surface area contributed by atoms with Gasteiger partial charge in [0.15, 0.2) is 24.7 Å². The standard InChI is InChI=1S/C28H30I2N4O9/c1-5-40-23(36)14-43-26-17(9-18(29)11-19(26)30)12-31-34-22(35)13-42-20-8-7-16(10-21(20)39-4)25-24(27(37)41-6-2)15(3)32-28(38)33-25/h7-12,25H,5-6,13-14H2,1-4H3,(H,34,35)(H2,32,33,38)/b31-12+/t25-/m0/s1. The summed E-state index contributed by atoms with van der Waals surface area (Å²) >= 11 is 4.22. The van der Waals surface area contributed by atoms with E-state index in [-0.39, 0.29) is 43.5 Å². The Labute approximate surface area is 275 Å². The van der Waals surface area contributed by atoms with E-state index in [1.165, 1.54) is 13.3 Å². The van der Waals surface area contributed by atoms with Crippen LogP contribution >= 0.6 is 45.2 Å². The summed E-state index contributed by atoms with van der Waals surface area (Å²) in [7, 11) is 1.43. The molecule has 1 atom stereocenters. The molecule has 0 saturated carbocycles. The van der Waals surface area contributed by atoms with Crippen LogP contribution in [-0.2, 0) is 23.9 Å². The normalized spacial score (nSPS) is 14.5. The molecule has 0 aliphatic carbocycles. The number of rotatable bonds is 13.